The lowest BCUT2D eigenvalue weighted by atomic mass is 10.0. The monoisotopic (exact) mass is 325 g/mol. The van der Waals surface area contributed by atoms with Crippen LogP contribution in [0.1, 0.15) is 10.4 Å². The van der Waals surface area contributed by atoms with E-state index >= 15 is 0 Å². The molecule has 116 valence electrons. The molecule has 0 fully saturated rings. The van der Waals surface area contributed by atoms with Crippen LogP contribution in [0.4, 0.5) is 0 Å². The highest BCUT2D eigenvalue weighted by atomic mass is 32.1. The molecule has 23 heavy (non-hydrogen) atoms. The number of amides is 1. The molecule has 1 heterocycles. The number of nitrogens with zero attached hydrogens (tertiary/aromatic N) is 1. The summed E-state index contributed by atoms with van der Waals surface area (Å²) >= 11 is 1.61. The molecule has 0 unspecified atom stereocenters. The third-order valence-electron chi connectivity index (χ3n) is 3.45. The van der Waals surface area contributed by atoms with E-state index in [1.807, 2.05) is 36.4 Å². The number of fused-ring (bicyclic) bond motifs is 1. The molecular formula is C17H15N3O2S. The standard InChI is InChI=1S/C17H15N3O2S/c1-22-14-5-3-2-4-11(14)13-9-23-15-7-6-10(8-12(13)15)16(21)20-17(18)19/h2-9H,1H3,(H4,18,19,20,21). The molecule has 0 atom stereocenters. The van der Waals surface area contributed by atoms with Gasteiger partial charge in [-0.1, -0.05) is 18.2 Å². The number of ether oxygens (including phenoxy) is 1. The number of carbonyl (C=O) groups is 1. The van der Waals surface area contributed by atoms with E-state index in [1.54, 1.807) is 24.5 Å². The largest absolute Gasteiger partial charge is 0.496 e. The summed E-state index contributed by atoms with van der Waals surface area (Å²) in [6.45, 7) is 0. The van der Waals surface area contributed by atoms with Gasteiger partial charge in [0, 0.05) is 26.8 Å². The van der Waals surface area contributed by atoms with Crippen molar-refractivity contribution in [1.29, 1.82) is 0 Å². The van der Waals surface area contributed by atoms with Crippen LogP contribution in [0.3, 0.4) is 0 Å². The van der Waals surface area contributed by atoms with E-state index in [-0.39, 0.29) is 5.96 Å². The fourth-order valence-electron chi connectivity index (χ4n) is 2.42. The molecule has 0 saturated carbocycles. The van der Waals surface area contributed by atoms with Gasteiger partial charge in [-0.2, -0.15) is 4.99 Å². The fraction of sp³-hybridized carbons (Fsp3) is 0.0588. The Kier molecular flexibility index (Phi) is 3.99. The molecule has 6 heteroatoms. The summed E-state index contributed by atoms with van der Waals surface area (Å²) in [4.78, 5) is 15.6. The Bertz CT molecular complexity index is 911. The van der Waals surface area contributed by atoms with Crippen LogP contribution in [-0.4, -0.2) is 19.0 Å². The first-order chi connectivity index (χ1) is 11.1. The van der Waals surface area contributed by atoms with Crippen LogP contribution in [0.15, 0.2) is 52.8 Å². The number of thiophene rings is 1. The molecule has 3 rings (SSSR count). The highest BCUT2D eigenvalue weighted by molar-refractivity contribution is 7.17. The fourth-order valence-corrected chi connectivity index (χ4v) is 3.36. The van der Waals surface area contributed by atoms with Crippen LogP contribution in [-0.2, 0) is 0 Å². The zero-order valence-corrected chi connectivity index (χ0v) is 13.3. The first kappa shape index (κ1) is 15.1. The third kappa shape index (κ3) is 2.89. The maximum absolute atomic E-state index is 12.0. The number of carbonyl (C=O) groups excluding carboxylic acids is 1. The molecule has 0 aliphatic carbocycles. The van der Waals surface area contributed by atoms with Crippen molar-refractivity contribution in [2.45, 2.75) is 0 Å². The Morgan fingerprint density at radius 3 is 2.65 bits per heavy atom. The van der Waals surface area contributed by atoms with E-state index < -0.39 is 5.91 Å². The van der Waals surface area contributed by atoms with Crippen LogP contribution in [0.5, 0.6) is 5.75 Å². The molecular weight excluding hydrogens is 310 g/mol. The second-order valence-electron chi connectivity index (χ2n) is 4.90. The predicted molar refractivity (Wildman–Crippen MR) is 94.0 cm³/mol. The molecule has 5 nitrogen and oxygen atoms in total. The van der Waals surface area contributed by atoms with Gasteiger partial charge in [0.05, 0.1) is 7.11 Å². The van der Waals surface area contributed by atoms with Gasteiger partial charge in [-0.3, -0.25) is 4.79 Å². The van der Waals surface area contributed by atoms with Gasteiger partial charge in [0.2, 0.25) is 0 Å². The number of methoxy groups -OCH3 is 1. The number of aliphatic imine (C=N–C) groups is 1. The topological polar surface area (TPSA) is 90.7 Å². The van der Waals surface area contributed by atoms with Crippen molar-refractivity contribution in [2.24, 2.45) is 16.5 Å². The smallest absolute Gasteiger partial charge is 0.280 e. The van der Waals surface area contributed by atoms with Gasteiger partial charge in [-0.25, -0.2) is 0 Å². The molecule has 0 aliphatic rings. The van der Waals surface area contributed by atoms with E-state index in [0.29, 0.717) is 5.56 Å². The quantitative estimate of drug-likeness (QED) is 0.572. The minimum atomic E-state index is -0.455. The Morgan fingerprint density at radius 2 is 1.91 bits per heavy atom. The Labute approximate surface area is 137 Å². The second kappa shape index (κ2) is 6.10. The highest BCUT2D eigenvalue weighted by Crippen LogP contribution is 2.38. The predicted octanol–water partition coefficient (Wildman–Crippen LogP) is 2.99. The Hall–Kier alpha value is -2.86. The zero-order chi connectivity index (χ0) is 16.4. The molecule has 0 radical (unpaired) electrons. The summed E-state index contributed by atoms with van der Waals surface area (Å²) in [5, 5.41) is 3.02. The number of hydrogen-bond donors (Lipinski definition) is 2. The molecule has 2 aromatic carbocycles. The number of benzene rings is 2. The average molecular weight is 325 g/mol. The van der Waals surface area contributed by atoms with Crippen LogP contribution in [0.25, 0.3) is 21.2 Å². The van der Waals surface area contributed by atoms with E-state index in [1.165, 1.54) is 0 Å². The molecule has 0 bridgehead atoms. The molecule has 0 spiro atoms. The normalized spacial score (nSPS) is 10.5. The van der Waals surface area contributed by atoms with Crippen LogP contribution >= 0.6 is 11.3 Å². The summed E-state index contributed by atoms with van der Waals surface area (Å²) in [5.41, 5.74) is 13.0. The van der Waals surface area contributed by atoms with Crippen molar-refractivity contribution in [3.8, 4) is 16.9 Å². The first-order valence-electron chi connectivity index (χ1n) is 6.88. The minimum Gasteiger partial charge on any atom is -0.496 e. The maximum Gasteiger partial charge on any atom is 0.280 e. The third-order valence-corrected chi connectivity index (χ3v) is 4.41. The number of para-hydroxylation sites is 1. The van der Waals surface area contributed by atoms with Gasteiger partial charge in [0.15, 0.2) is 5.96 Å². The summed E-state index contributed by atoms with van der Waals surface area (Å²) in [6.07, 6.45) is 0. The average Bonchev–Trinajstić information content (AvgIpc) is 2.97. The van der Waals surface area contributed by atoms with Crippen molar-refractivity contribution in [1.82, 2.24) is 0 Å². The van der Waals surface area contributed by atoms with Gasteiger partial charge in [-0.05, 0) is 29.6 Å². The summed E-state index contributed by atoms with van der Waals surface area (Å²) in [7, 11) is 1.64. The molecule has 1 amide bonds. The van der Waals surface area contributed by atoms with Gasteiger partial charge >= 0.3 is 0 Å². The van der Waals surface area contributed by atoms with Gasteiger partial charge in [0.25, 0.3) is 5.91 Å². The summed E-state index contributed by atoms with van der Waals surface area (Å²) in [5.74, 6) is 0.0857. The van der Waals surface area contributed by atoms with Crippen molar-refractivity contribution in [2.75, 3.05) is 7.11 Å². The van der Waals surface area contributed by atoms with Crippen molar-refractivity contribution >= 4 is 33.3 Å². The van der Waals surface area contributed by atoms with Gasteiger partial charge < -0.3 is 16.2 Å². The number of rotatable bonds is 3. The number of guanidine groups is 1. The van der Waals surface area contributed by atoms with Crippen LogP contribution in [0.2, 0.25) is 0 Å². The zero-order valence-electron chi connectivity index (χ0n) is 12.4. The van der Waals surface area contributed by atoms with E-state index in [4.69, 9.17) is 16.2 Å². The molecule has 1 aromatic heterocycles. The Morgan fingerprint density at radius 1 is 1.13 bits per heavy atom. The van der Waals surface area contributed by atoms with Gasteiger partial charge in [0.1, 0.15) is 5.75 Å². The second-order valence-corrected chi connectivity index (χ2v) is 5.81. The van der Waals surface area contributed by atoms with E-state index in [9.17, 15) is 4.79 Å². The number of nitrogens with two attached hydrogens (primary N) is 2. The summed E-state index contributed by atoms with van der Waals surface area (Å²) < 4.78 is 6.51. The lowest BCUT2D eigenvalue weighted by Crippen LogP contribution is -2.24. The van der Waals surface area contributed by atoms with Gasteiger partial charge in [-0.15, -0.1) is 11.3 Å². The molecule has 0 aliphatic heterocycles. The van der Waals surface area contributed by atoms with E-state index in [2.05, 4.69) is 10.4 Å². The van der Waals surface area contributed by atoms with E-state index in [0.717, 1.165) is 27.0 Å². The molecule has 3 aromatic rings. The van der Waals surface area contributed by atoms with Crippen molar-refractivity contribution in [3.63, 3.8) is 0 Å². The first-order valence-corrected chi connectivity index (χ1v) is 7.76. The molecule has 4 N–H and O–H groups in total. The summed E-state index contributed by atoms with van der Waals surface area (Å²) in [6, 6.07) is 13.2. The number of hydrogen-bond acceptors (Lipinski definition) is 3. The maximum atomic E-state index is 12.0. The van der Waals surface area contributed by atoms with Crippen molar-refractivity contribution in [3.05, 3.63) is 53.4 Å². The van der Waals surface area contributed by atoms with Crippen molar-refractivity contribution < 1.29 is 9.53 Å². The SMILES string of the molecule is COc1ccccc1-c1csc2ccc(C(=O)N=C(N)N)cc12. The lowest BCUT2D eigenvalue weighted by molar-refractivity contribution is 0.100. The highest BCUT2D eigenvalue weighted by Gasteiger charge is 2.13. The lowest BCUT2D eigenvalue weighted by Gasteiger charge is -2.07. The molecule has 0 saturated heterocycles. The van der Waals surface area contributed by atoms with Crippen LogP contribution < -0.4 is 16.2 Å². The minimum absolute atomic E-state index is 0.245. The Balaban J connectivity index is 2.16. The van der Waals surface area contributed by atoms with Crippen LogP contribution in [0, 0.1) is 0 Å².